The molecule has 1 rings (SSSR count). The van der Waals surface area contributed by atoms with E-state index >= 15 is 0 Å². The van der Waals surface area contributed by atoms with Crippen LogP contribution in [-0.4, -0.2) is 50.4 Å². The molecule has 112 valence electrons. The standard InChI is InChI=1S/C13H26N2O3S/c1-11(2)14-7-6-13(16)9-12-5-4-8-15(10-12)19(3,17)18/h11-12,14H,4-10H2,1-3H3. The Bertz CT molecular complexity index is 393. The molecule has 1 saturated heterocycles. The number of hydrogen-bond donors (Lipinski definition) is 1. The number of ketones is 1. The molecule has 0 aromatic rings. The Morgan fingerprint density at radius 2 is 2.11 bits per heavy atom. The average Bonchev–Trinajstić information content (AvgIpc) is 2.27. The first kappa shape index (κ1) is 16.6. The van der Waals surface area contributed by atoms with Gasteiger partial charge in [-0.25, -0.2) is 12.7 Å². The molecule has 0 saturated carbocycles. The zero-order valence-corrected chi connectivity index (χ0v) is 13.0. The second kappa shape index (κ2) is 7.36. The summed E-state index contributed by atoms with van der Waals surface area (Å²) in [6.45, 7) is 5.91. The molecule has 0 aliphatic carbocycles. The molecule has 1 aliphatic rings. The lowest BCUT2D eigenvalue weighted by atomic mass is 9.93. The maximum absolute atomic E-state index is 11.8. The summed E-state index contributed by atoms with van der Waals surface area (Å²) in [7, 11) is -3.11. The highest BCUT2D eigenvalue weighted by molar-refractivity contribution is 7.88. The molecule has 5 nitrogen and oxygen atoms in total. The summed E-state index contributed by atoms with van der Waals surface area (Å²) in [5.41, 5.74) is 0. The predicted molar refractivity (Wildman–Crippen MR) is 76.5 cm³/mol. The van der Waals surface area contributed by atoms with Gasteiger partial charge in [0.05, 0.1) is 6.26 Å². The zero-order valence-electron chi connectivity index (χ0n) is 12.2. The third-order valence-corrected chi connectivity index (χ3v) is 4.69. The number of sulfonamides is 1. The number of nitrogens with one attached hydrogen (secondary N) is 1. The quantitative estimate of drug-likeness (QED) is 0.760. The Hall–Kier alpha value is -0.460. The van der Waals surface area contributed by atoms with E-state index in [2.05, 4.69) is 19.2 Å². The van der Waals surface area contributed by atoms with Gasteiger partial charge in [-0.2, -0.15) is 0 Å². The van der Waals surface area contributed by atoms with Crippen LogP contribution in [0.2, 0.25) is 0 Å². The first-order valence-corrected chi connectivity index (χ1v) is 8.84. The van der Waals surface area contributed by atoms with Crippen LogP contribution in [-0.2, 0) is 14.8 Å². The molecule has 1 aliphatic heterocycles. The van der Waals surface area contributed by atoms with Crippen LogP contribution in [0.3, 0.4) is 0 Å². The van der Waals surface area contributed by atoms with Gasteiger partial charge >= 0.3 is 0 Å². The van der Waals surface area contributed by atoms with E-state index in [1.807, 2.05) is 0 Å². The minimum absolute atomic E-state index is 0.190. The third-order valence-electron chi connectivity index (χ3n) is 3.42. The number of carbonyl (C=O) groups is 1. The summed E-state index contributed by atoms with van der Waals surface area (Å²) in [5, 5.41) is 3.22. The van der Waals surface area contributed by atoms with Crippen LogP contribution in [0.15, 0.2) is 0 Å². The Morgan fingerprint density at radius 1 is 1.42 bits per heavy atom. The fraction of sp³-hybridized carbons (Fsp3) is 0.923. The van der Waals surface area contributed by atoms with Crippen molar-refractivity contribution < 1.29 is 13.2 Å². The summed E-state index contributed by atoms with van der Waals surface area (Å²) < 4.78 is 24.5. The minimum Gasteiger partial charge on any atom is -0.314 e. The van der Waals surface area contributed by atoms with Crippen LogP contribution in [0.4, 0.5) is 0 Å². The maximum Gasteiger partial charge on any atom is 0.211 e. The van der Waals surface area contributed by atoms with Gasteiger partial charge in [0, 0.05) is 38.5 Å². The summed E-state index contributed by atoms with van der Waals surface area (Å²) in [6, 6.07) is 0.392. The van der Waals surface area contributed by atoms with Crippen LogP contribution in [0.5, 0.6) is 0 Å². The van der Waals surface area contributed by atoms with Crippen LogP contribution in [0.1, 0.15) is 39.5 Å². The van der Waals surface area contributed by atoms with Gasteiger partial charge in [-0.05, 0) is 18.8 Å². The Kier molecular flexibility index (Phi) is 6.42. The lowest BCUT2D eigenvalue weighted by molar-refractivity contribution is -0.120. The molecule has 19 heavy (non-hydrogen) atoms. The number of nitrogens with zero attached hydrogens (tertiary/aromatic N) is 1. The molecule has 0 radical (unpaired) electrons. The van der Waals surface area contributed by atoms with E-state index in [4.69, 9.17) is 0 Å². The van der Waals surface area contributed by atoms with E-state index in [1.165, 1.54) is 10.6 Å². The van der Waals surface area contributed by atoms with Crippen molar-refractivity contribution in [1.29, 1.82) is 0 Å². The monoisotopic (exact) mass is 290 g/mol. The van der Waals surface area contributed by atoms with Crippen molar-refractivity contribution in [2.75, 3.05) is 25.9 Å². The molecule has 0 aromatic heterocycles. The summed E-state index contributed by atoms with van der Waals surface area (Å²) in [4.78, 5) is 11.8. The zero-order chi connectivity index (χ0) is 14.5. The summed E-state index contributed by atoms with van der Waals surface area (Å²) in [6.07, 6.45) is 4.09. The number of piperidine rings is 1. The summed E-state index contributed by atoms with van der Waals surface area (Å²) >= 11 is 0. The Labute approximate surface area is 116 Å². The van der Waals surface area contributed by atoms with Gasteiger partial charge in [0.15, 0.2) is 0 Å². The van der Waals surface area contributed by atoms with Gasteiger partial charge in [0.25, 0.3) is 0 Å². The van der Waals surface area contributed by atoms with E-state index in [0.717, 1.165) is 12.8 Å². The number of carbonyl (C=O) groups excluding carboxylic acids is 1. The van der Waals surface area contributed by atoms with Crippen molar-refractivity contribution in [3.8, 4) is 0 Å². The van der Waals surface area contributed by atoms with E-state index < -0.39 is 10.0 Å². The van der Waals surface area contributed by atoms with Gasteiger partial charge in [-0.1, -0.05) is 13.8 Å². The summed E-state index contributed by atoms with van der Waals surface area (Å²) in [5.74, 6) is 0.420. The molecule has 1 heterocycles. The molecule has 1 unspecified atom stereocenters. The van der Waals surface area contributed by atoms with E-state index in [1.54, 1.807) is 0 Å². The van der Waals surface area contributed by atoms with Gasteiger partial charge in [-0.15, -0.1) is 0 Å². The maximum atomic E-state index is 11.8. The van der Waals surface area contributed by atoms with Crippen molar-refractivity contribution in [1.82, 2.24) is 9.62 Å². The molecule has 1 N–H and O–H groups in total. The second-order valence-electron chi connectivity index (χ2n) is 5.73. The van der Waals surface area contributed by atoms with Crippen LogP contribution >= 0.6 is 0 Å². The van der Waals surface area contributed by atoms with Gasteiger partial charge in [-0.3, -0.25) is 4.79 Å². The minimum atomic E-state index is -3.11. The van der Waals surface area contributed by atoms with E-state index in [0.29, 0.717) is 38.5 Å². The highest BCUT2D eigenvalue weighted by Crippen LogP contribution is 2.22. The van der Waals surface area contributed by atoms with Gasteiger partial charge < -0.3 is 5.32 Å². The fourth-order valence-corrected chi connectivity index (χ4v) is 3.36. The number of hydrogen-bond acceptors (Lipinski definition) is 4. The van der Waals surface area contributed by atoms with Crippen molar-refractivity contribution in [3.63, 3.8) is 0 Å². The number of Topliss-reactive ketones (excluding diaryl/α,β-unsaturated/α-hetero) is 1. The van der Waals surface area contributed by atoms with Gasteiger partial charge in [0.1, 0.15) is 5.78 Å². The predicted octanol–water partition coefficient (Wildman–Crippen LogP) is 1.01. The van der Waals surface area contributed by atoms with Crippen LogP contribution in [0.25, 0.3) is 0 Å². The van der Waals surface area contributed by atoms with Crippen molar-refractivity contribution >= 4 is 15.8 Å². The SMILES string of the molecule is CC(C)NCCC(=O)CC1CCCN(S(C)(=O)=O)C1. The van der Waals surface area contributed by atoms with E-state index in [-0.39, 0.29) is 11.7 Å². The number of rotatable bonds is 7. The molecule has 0 bridgehead atoms. The van der Waals surface area contributed by atoms with Crippen molar-refractivity contribution in [2.24, 2.45) is 5.92 Å². The van der Waals surface area contributed by atoms with Crippen molar-refractivity contribution in [3.05, 3.63) is 0 Å². The highest BCUT2D eigenvalue weighted by atomic mass is 32.2. The molecule has 1 atom stereocenters. The first-order valence-electron chi connectivity index (χ1n) is 6.99. The van der Waals surface area contributed by atoms with Gasteiger partial charge in [0.2, 0.25) is 10.0 Å². The largest absolute Gasteiger partial charge is 0.314 e. The topological polar surface area (TPSA) is 66.5 Å². The molecular formula is C13H26N2O3S. The molecular weight excluding hydrogens is 264 g/mol. The lowest BCUT2D eigenvalue weighted by Gasteiger charge is -2.30. The lowest BCUT2D eigenvalue weighted by Crippen LogP contribution is -2.40. The average molecular weight is 290 g/mol. The molecule has 1 fully saturated rings. The van der Waals surface area contributed by atoms with Crippen LogP contribution in [0, 0.1) is 5.92 Å². The molecule has 0 spiro atoms. The Morgan fingerprint density at radius 3 is 2.68 bits per heavy atom. The molecule has 6 heteroatoms. The molecule has 0 amide bonds. The molecule has 0 aromatic carbocycles. The highest BCUT2D eigenvalue weighted by Gasteiger charge is 2.26. The smallest absolute Gasteiger partial charge is 0.211 e. The Balaban J connectivity index is 2.34. The van der Waals surface area contributed by atoms with Crippen LogP contribution < -0.4 is 5.32 Å². The second-order valence-corrected chi connectivity index (χ2v) is 7.71. The first-order chi connectivity index (χ1) is 8.79. The van der Waals surface area contributed by atoms with Crippen molar-refractivity contribution in [2.45, 2.75) is 45.6 Å². The third kappa shape index (κ3) is 6.49. The normalized spacial score (nSPS) is 21.8. The van der Waals surface area contributed by atoms with E-state index in [9.17, 15) is 13.2 Å². The fourth-order valence-electron chi connectivity index (χ4n) is 2.42.